The van der Waals surface area contributed by atoms with Crippen molar-refractivity contribution in [2.45, 2.75) is 0 Å². The third-order valence-electron chi connectivity index (χ3n) is 1.85. The standard InChI is InChI=1S/C10H8ClIO3/c1-15-10-7(5-13)2-6(3-8(10)12)9(14)4-11/h2-3,5H,4H2,1H3. The van der Waals surface area contributed by atoms with Crippen LogP contribution in [-0.4, -0.2) is 25.1 Å². The van der Waals surface area contributed by atoms with Gasteiger partial charge >= 0.3 is 0 Å². The molecule has 5 heteroatoms. The number of methoxy groups -OCH3 is 1. The van der Waals surface area contributed by atoms with Crippen molar-refractivity contribution in [3.05, 3.63) is 26.8 Å². The molecule has 0 aromatic heterocycles. The van der Waals surface area contributed by atoms with Crippen LogP contribution in [0.4, 0.5) is 0 Å². The first-order valence-corrected chi connectivity index (χ1v) is 5.67. The fourth-order valence-corrected chi connectivity index (χ4v) is 2.18. The van der Waals surface area contributed by atoms with Crippen molar-refractivity contribution in [3.8, 4) is 5.75 Å². The molecule has 0 heterocycles. The average Bonchev–Trinajstić information content (AvgIpc) is 2.26. The second kappa shape index (κ2) is 5.46. The molecule has 0 spiro atoms. The highest BCUT2D eigenvalue weighted by Crippen LogP contribution is 2.26. The number of benzene rings is 1. The van der Waals surface area contributed by atoms with Gasteiger partial charge in [-0.1, -0.05) is 0 Å². The first-order valence-electron chi connectivity index (χ1n) is 4.06. The number of ether oxygens (including phenoxy) is 1. The van der Waals surface area contributed by atoms with Gasteiger partial charge in [-0.25, -0.2) is 0 Å². The van der Waals surface area contributed by atoms with Gasteiger partial charge in [0.2, 0.25) is 0 Å². The Hall–Kier alpha value is -0.620. The van der Waals surface area contributed by atoms with Gasteiger partial charge in [0, 0.05) is 5.56 Å². The van der Waals surface area contributed by atoms with E-state index in [1.54, 1.807) is 6.07 Å². The van der Waals surface area contributed by atoms with Crippen LogP contribution in [0.3, 0.4) is 0 Å². The lowest BCUT2D eigenvalue weighted by Gasteiger charge is -2.08. The van der Waals surface area contributed by atoms with Crippen molar-refractivity contribution in [1.82, 2.24) is 0 Å². The zero-order valence-electron chi connectivity index (χ0n) is 7.92. The normalized spacial score (nSPS) is 9.80. The Morgan fingerprint density at radius 1 is 1.60 bits per heavy atom. The number of aldehydes is 1. The van der Waals surface area contributed by atoms with Crippen LogP contribution in [0, 0.1) is 3.57 Å². The zero-order valence-corrected chi connectivity index (χ0v) is 10.8. The Balaban J connectivity index is 3.31. The lowest BCUT2D eigenvalue weighted by atomic mass is 10.1. The van der Waals surface area contributed by atoms with Crippen molar-refractivity contribution >= 4 is 46.3 Å². The minimum atomic E-state index is -0.208. The lowest BCUT2D eigenvalue weighted by molar-refractivity contribution is 0.102. The van der Waals surface area contributed by atoms with Gasteiger partial charge < -0.3 is 4.74 Å². The Morgan fingerprint density at radius 2 is 2.27 bits per heavy atom. The lowest BCUT2D eigenvalue weighted by Crippen LogP contribution is -2.04. The average molecular weight is 339 g/mol. The van der Waals surface area contributed by atoms with E-state index in [1.807, 2.05) is 22.6 Å². The van der Waals surface area contributed by atoms with Crippen molar-refractivity contribution < 1.29 is 14.3 Å². The summed E-state index contributed by atoms with van der Waals surface area (Å²) in [5, 5.41) is 0. The van der Waals surface area contributed by atoms with Crippen molar-refractivity contribution in [2.24, 2.45) is 0 Å². The Labute approximate surface area is 106 Å². The minimum Gasteiger partial charge on any atom is -0.495 e. The quantitative estimate of drug-likeness (QED) is 0.367. The van der Waals surface area contributed by atoms with E-state index in [9.17, 15) is 9.59 Å². The van der Waals surface area contributed by atoms with Crippen LogP contribution in [0.2, 0.25) is 0 Å². The first kappa shape index (κ1) is 12.4. The molecule has 0 bridgehead atoms. The SMILES string of the molecule is COc1c(I)cc(C(=O)CCl)cc1C=O. The summed E-state index contributed by atoms with van der Waals surface area (Å²) >= 11 is 7.44. The first-order chi connectivity index (χ1) is 7.13. The van der Waals surface area contributed by atoms with Gasteiger partial charge in [0.15, 0.2) is 12.1 Å². The van der Waals surface area contributed by atoms with Crippen LogP contribution in [0.25, 0.3) is 0 Å². The van der Waals surface area contributed by atoms with E-state index in [0.717, 1.165) is 0 Å². The summed E-state index contributed by atoms with van der Waals surface area (Å²) in [7, 11) is 1.48. The summed E-state index contributed by atoms with van der Waals surface area (Å²) in [6.07, 6.45) is 0.659. The molecule has 0 N–H and O–H groups in total. The molecule has 0 saturated carbocycles. The highest BCUT2D eigenvalue weighted by Gasteiger charge is 2.12. The molecule has 0 aliphatic carbocycles. The summed E-state index contributed by atoms with van der Waals surface area (Å²) in [5.41, 5.74) is 0.787. The van der Waals surface area contributed by atoms with Gasteiger partial charge in [-0.15, -0.1) is 11.6 Å². The second-order valence-electron chi connectivity index (χ2n) is 2.76. The summed E-state index contributed by atoms with van der Waals surface area (Å²) < 4.78 is 5.77. The number of hydrogen-bond acceptors (Lipinski definition) is 3. The predicted octanol–water partition coefficient (Wildman–Crippen LogP) is 2.53. The maximum Gasteiger partial charge on any atom is 0.177 e. The van der Waals surface area contributed by atoms with Gasteiger partial charge in [0.05, 0.1) is 22.1 Å². The number of carbonyl (C=O) groups is 2. The molecule has 1 aromatic carbocycles. The third-order valence-corrected chi connectivity index (χ3v) is 2.89. The predicted molar refractivity (Wildman–Crippen MR) is 66.1 cm³/mol. The van der Waals surface area contributed by atoms with Crippen LogP contribution in [-0.2, 0) is 0 Å². The highest BCUT2D eigenvalue weighted by molar-refractivity contribution is 14.1. The van der Waals surface area contributed by atoms with E-state index in [-0.39, 0.29) is 11.7 Å². The molecule has 0 amide bonds. The number of carbonyl (C=O) groups excluding carboxylic acids is 2. The smallest absolute Gasteiger partial charge is 0.177 e. The van der Waals surface area contributed by atoms with Gasteiger partial charge in [0.1, 0.15) is 5.75 Å². The molecule has 15 heavy (non-hydrogen) atoms. The van der Waals surface area contributed by atoms with Crippen molar-refractivity contribution in [3.63, 3.8) is 0 Å². The highest BCUT2D eigenvalue weighted by atomic mass is 127. The molecule has 0 saturated heterocycles. The summed E-state index contributed by atoms with van der Waals surface area (Å²) in [4.78, 5) is 22.1. The molecule has 1 aromatic rings. The van der Waals surface area contributed by atoms with Gasteiger partial charge in [-0.05, 0) is 34.7 Å². The maximum absolute atomic E-state index is 11.3. The number of Topliss-reactive ketones (excluding diaryl/α,β-unsaturated/α-hetero) is 1. The number of hydrogen-bond donors (Lipinski definition) is 0. The topological polar surface area (TPSA) is 43.4 Å². The molecule has 80 valence electrons. The van der Waals surface area contributed by atoms with Crippen LogP contribution in [0.1, 0.15) is 20.7 Å². The molecule has 3 nitrogen and oxygen atoms in total. The molecule has 0 radical (unpaired) electrons. The Morgan fingerprint density at radius 3 is 2.73 bits per heavy atom. The molecule has 0 aliphatic rings. The van der Waals surface area contributed by atoms with E-state index in [4.69, 9.17) is 16.3 Å². The Kier molecular flexibility index (Phi) is 4.53. The van der Waals surface area contributed by atoms with Crippen LogP contribution in [0.5, 0.6) is 5.75 Å². The third kappa shape index (κ3) is 2.69. The molecule has 0 aliphatic heterocycles. The van der Waals surface area contributed by atoms with E-state index in [0.29, 0.717) is 26.7 Å². The molecule has 0 unspecified atom stereocenters. The molecular formula is C10H8ClIO3. The van der Waals surface area contributed by atoms with Gasteiger partial charge in [-0.2, -0.15) is 0 Å². The van der Waals surface area contributed by atoms with Gasteiger partial charge in [0.25, 0.3) is 0 Å². The number of rotatable bonds is 4. The molecule has 1 rings (SSSR count). The maximum atomic E-state index is 11.3. The number of alkyl halides is 1. The van der Waals surface area contributed by atoms with Crippen LogP contribution < -0.4 is 4.74 Å². The minimum absolute atomic E-state index is 0.0965. The van der Waals surface area contributed by atoms with E-state index in [1.165, 1.54) is 13.2 Å². The number of halogens is 2. The van der Waals surface area contributed by atoms with Gasteiger partial charge in [-0.3, -0.25) is 9.59 Å². The monoisotopic (exact) mass is 338 g/mol. The zero-order chi connectivity index (χ0) is 11.4. The van der Waals surface area contributed by atoms with E-state index >= 15 is 0 Å². The second-order valence-corrected chi connectivity index (χ2v) is 4.18. The fraction of sp³-hybridized carbons (Fsp3) is 0.200. The molecular weight excluding hydrogens is 330 g/mol. The van der Waals surface area contributed by atoms with Crippen molar-refractivity contribution in [1.29, 1.82) is 0 Å². The van der Waals surface area contributed by atoms with E-state index < -0.39 is 0 Å². The summed E-state index contributed by atoms with van der Waals surface area (Å²) in [6, 6.07) is 3.13. The fourth-order valence-electron chi connectivity index (χ4n) is 1.16. The van der Waals surface area contributed by atoms with Crippen LogP contribution in [0.15, 0.2) is 12.1 Å². The largest absolute Gasteiger partial charge is 0.495 e. The van der Waals surface area contributed by atoms with Crippen molar-refractivity contribution in [2.75, 3.05) is 13.0 Å². The summed E-state index contributed by atoms with van der Waals surface area (Å²) in [5.74, 6) is 0.179. The van der Waals surface area contributed by atoms with E-state index in [2.05, 4.69) is 0 Å². The Bertz CT molecular complexity index is 404. The summed E-state index contributed by atoms with van der Waals surface area (Å²) in [6.45, 7) is 0. The molecule has 0 fully saturated rings. The number of ketones is 1. The molecule has 0 atom stereocenters. The van der Waals surface area contributed by atoms with Crippen LogP contribution >= 0.6 is 34.2 Å².